The van der Waals surface area contributed by atoms with Gasteiger partial charge in [-0.3, -0.25) is 0 Å². The highest BCUT2D eigenvalue weighted by Crippen LogP contribution is 2.30. The van der Waals surface area contributed by atoms with Crippen molar-refractivity contribution in [3.8, 4) is 11.8 Å². The van der Waals surface area contributed by atoms with Crippen molar-refractivity contribution in [2.75, 3.05) is 0 Å². The molecule has 0 heterocycles. The summed E-state index contributed by atoms with van der Waals surface area (Å²) >= 11 is 0. The lowest BCUT2D eigenvalue weighted by Crippen LogP contribution is -2.11. The summed E-state index contributed by atoms with van der Waals surface area (Å²) in [7, 11) is 0. The molecule has 0 amide bonds. The molecule has 4 heteroatoms. The summed E-state index contributed by atoms with van der Waals surface area (Å²) in [5.41, 5.74) is 5.90. The Hall–Kier alpha value is -1.47. The van der Waals surface area contributed by atoms with Crippen LogP contribution in [-0.4, -0.2) is 0 Å². The van der Waals surface area contributed by atoms with Crippen LogP contribution in [-0.2, 0) is 6.18 Å². The number of hydrogen-bond donors (Lipinski definition) is 1. The van der Waals surface area contributed by atoms with Crippen molar-refractivity contribution in [1.29, 1.82) is 0 Å². The standard InChI is InChI=1S/C13H14F3N/c1-2-3-4-5-12(17)10-6-8-11(9-7-10)13(14,15)16/h6-9,12H,4-5,17H2,1H3. The normalized spacial score (nSPS) is 12.8. The van der Waals surface area contributed by atoms with Crippen LogP contribution in [0.5, 0.6) is 0 Å². The van der Waals surface area contributed by atoms with Crippen molar-refractivity contribution >= 4 is 0 Å². The Labute approximate surface area is 98.8 Å². The van der Waals surface area contributed by atoms with Gasteiger partial charge in [0.2, 0.25) is 0 Å². The Morgan fingerprint density at radius 2 is 1.82 bits per heavy atom. The summed E-state index contributed by atoms with van der Waals surface area (Å²) in [6.45, 7) is 1.74. The highest BCUT2D eigenvalue weighted by Gasteiger charge is 2.30. The number of alkyl halides is 3. The predicted octanol–water partition coefficient (Wildman–Crippen LogP) is 3.51. The average Bonchev–Trinajstić information content (AvgIpc) is 2.28. The fourth-order valence-electron chi connectivity index (χ4n) is 1.44. The minimum atomic E-state index is -4.30. The van der Waals surface area contributed by atoms with Gasteiger partial charge >= 0.3 is 6.18 Å². The highest BCUT2D eigenvalue weighted by molar-refractivity contribution is 5.26. The molecular weight excluding hydrogens is 227 g/mol. The minimum absolute atomic E-state index is 0.266. The maximum absolute atomic E-state index is 12.3. The molecule has 1 unspecified atom stereocenters. The summed E-state index contributed by atoms with van der Waals surface area (Å²) in [6.07, 6.45) is -3.00. The minimum Gasteiger partial charge on any atom is -0.324 e. The topological polar surface area (TPSA) is 26.0 Å². The zero-order chi connectivity index (χ0) is 12.9. The van der Waals surface area contributed by atoms with Gasteiger partial charge in [-0.15, -0.1) is 11.8 Å². The average molecular weight is 241 g/mol. The number of halogens is 3. The highest BCUT2D eigenvalue weighted by atomic mass is 19.4. The van der Waals surface area contributed by atoms with Crippen LogP contribution in [0.1, 0.15) is 36.9 Å². The Kier molecular flexibility index (Phi) is 4.59. The van der Waals surface area contributed by atoms with Gasteiger partial charge in [-0.05, 0) is 31.0 Å². The Balaban J connectivity index is 2.69. The van der Waals surface area contributed by atoms with E-state index in [0.29, 0.717) is 18.4 Å². The van der Waals surface area contributed by atoms with Gasteiger partial charge in [-0.25, -0.2) is 0 Å². The molecule has 0 aliphatic carbocycles. The Morgan fingerprint density at radius 3 is 2.29 bits per heavy atom. The second-order valence-corrected chi connectivity index (χ2v) is 3.69. The van der Waals surface area contributed by atoms with E-state index < -0.39 is 11.7 Å². The molecule has 1 rings (SSSR count). The largest absolute Gasteiger partial charge is 0.416 e. The van der Waals surface area contributed by atoms with Gasteiger partial charge in [0, 0.05) is 12.5 Å². The third-order valence-electron chi connectivity index (χ3n) is 2.42. The first-order valence-electron chi connectivity index (χ1n) is 5.27. The molecule has 17 heavy (non-hydrogen) atoms. The SMILES string of the molecule is CC#CCCC(N)c1ccc(C(F)(F)F)cc1. The predicted molar refractivity (Wildman–Crippen MR) is 61.1 cm³/mol. The van der Waals surface area contributed by atoms with E-state index in [1.165, 1.54) is 12.1 Å². The molecule has 0 aromatic heterocycles. The maximum Gasteiger partial charge on any atom is 0.416 e. The van der Waals surface area contributed by atoms with Gasteiger partial charge < -0.3 is 5.73 Å². The van der Waals surface area contributed by atoms with E-state index in [9.17, 15) is 13.2 Å². The molecule has 0 saturated heterocycles. The second kappa shape index (κ2) is 5.74. The van der Waals surface area contributed by atoms with Crippen LogP contribution < -0.4 is 5.73 Å². The van der Waals surface area contributed by atoms with Crippen molar-refractivity contribution < 1.29 is 13.2 Å². The fraction of sp³-hybridized carbons (Fsp3) is 0.385. The molecular formula is C13H14F3N. The van der Waals surface area contributed by atoms with Crippen LogP contribution >= 0.6 is 0 Å². The van der Waals surface area contributed by atoms with E-state index >= 15 is 0 Å². The first-order valence-corrected chi connectivity index (χ1v) is 5.27. The summed E-state index contributed by atoms with van der Waals surface area (Å²) in [5, 5.41) is 0. The van der Waals surface area contributed by atoms with Crippen LogP contribution in [0.2, 0.25) is 0 Å². The molecule has 0 radical (unpaired) electrons. The van der Waals surface area contributed by atoms with Crippen LogP contribution in [0, 0.1) is 11.8 Å². The zero-order valence-corrected chi connectivity index (χ0v) is 9.51. The van der Waals surface area contributed by atoms with Crippen molar-refractivity contribution in [2.24, 2.45) is 5.73 Å². The van der Waals surface area contributed by atoms with Gasteiger partial charge in [0.05, 0.1) is 5.56 Å². The first-order chi connectivity index (χ1) is 7.95. The lowest BCUT2D eigenvalue weighted by molar-refractivity contribution is -0.137. The molecule has 1 aromatic carbocycles. The smallest absolute Gasteiger partial charge is 0.324 e. The number of benzene rings is 1. The van der Waals surface area contributed by atoms with E-state index in [1.54, 1.807) is 6.92 Å². The molecule has 1 aromatic rings. The quantitative estimate of drug-likeness (QED) is 0.805. The van der Waals surface area contributed by atoms with Crippen molar-refractivity contribution in [1.82, 2.24) is 0 Å². The molecule has 1 nitrogen and oxygen atoms in total. The van der Waals surface area contributed by atoms with Gasteiger partial charge in [0.1, 0.15) is 0 Å². The number of nitrogens with two attached hydrogens (primary N) is 1. The van der Waals surface area contributed by atoms with E-state index in [-0.39, 0.29) is 6.04 Å². The molecule has 92 valence electrons. The van der Waals surface area contributed by atoms with Crippen LogP contribution in [0.4, 0.5) is 13.2 Å². The monoisotopic (exact) mass is 241 g/mol. The molecule has 0 saturated carbocycles. The molecule has 0 spiro atoms. The number of rotatable bonds is 3. The van der Waals surface area contributed by atoms with E-state index in [4.69, 9.17) is 5.73 Å². The molecule has 1 atom stereocenters. The number of hydrogen-bond acceptors (Lipinski definition) is 1. The van der Waals surface area contributed by atoms with Crippen LogP contribution in [0.15, 0.2) is 24.3 Å². The Morgan fingerprint density at radius 1 is 1.24 bits per heavy atom. The van der Waals surface area contributed by atoms with Gasteiger partial charge in [-0.2, -0.15) is 13.2 Å². The second-order valence-electron chi connectivity index (χ2n) is 3.69. The van der Waals surface area contributed by atoms with Crippen LogP contribution in [0.25, 0.3) is 0 Å². The van der Waals surface area contributed by atoms with Crippen molar-refractivity contribution in [2.45, 2.75) is 32.0 Å². The van der Waals surface area contributed by atoms with Gasteiger partial charge in [0.25, 0.3) is 0 Å². The maximum atomic E-state index is 12.3. The van der Waals surface area contributed by atoms with E-state index in [0.717, 1.165) is 12.1 Å². The van der Waals surface area contributed by atoms with Gasteiger partial charge in [0.15, 0.2) is 0 Å². The molecule has 0 fully saturated rings. The summed E-state index contributed by atoms with van der Waals surface area (Å²) in [5.74, 6) is 5.62. The third kappa shape index (κ3) is 4.12. The lowest BCUT2D eigenvalue weighted by atomic mass is 10.0. The zero-order valence-electron chi connectivity index (χ0n) is 9.51. The van der Waals surface area contributed by atoms with Gasteiger partial charge in [-0.1, -0.05) is 12.1 Å². The van der Waals surface area contributed by atoms with Crippen LogP contribution in [0.3, 0.4) is 0 Å². The molecule has 0 bridgehead atoms. The summed E-state index contributed by atoms with van der Waals surface area (Å²) < 4.78 is 37.0. The summed E-state index contributed by atoms with van der Waals surface area (Å²) in [6, 6.07) is 4.69. The third-order valence-corrected chi connectivity index (χ3v) is 2.42. The lowest BCUT2D eigenvalue weighted by Gasteiger charge is -2.12. The fourth-order valence-corrected chi connectivity index (χ4v) is 1.44. The molecule has 2 N–H and O–H groups in total. The Bertz CT molecular complexity index is 409. The van der Waals surface area contributed by atoms with E-state index in [2.05, 4.69) is 11.8 Å². The first kappa shape index (κ1) is 13.6. The van der Waals surface area contributed by atoms with E-state index in [1.807, 2.05) is 0 Å². The molecule has 0 aliphatic heterocycles. The van der Waals surface area contributed by atoms with Crippen molar-refractivity contribution in [3.05, 3.63) is 35.4 Å². The van der Waals surface area contributed by atoms with Crippen molar-refractivity contribution in [3.63, 3.8) is 0 Å². The molecule has 0 aliphatic rings. The summed E-state index contributed by atoms with van der Waals surface area (Å²) in [4.78, 5) is 0.